The van der Waals surface area contributed by atoms with Crippen LogP contribution in [0.15, 0.2) is 48.5 Å². The van der Waals surface area contributed by atoms with Crippen molar-refractivity contribution >= 4 is 0 Å². The maximum absolute atomic E-state index is 6.03. The monoisotopic (exact) mass is 463 g/mol. The van der Waals surface area contributed by atoms with Gasteiger partial charge in [0.15, 0.2) is 0 Å². The smallest absolute Gasteiger partial charge is 0.140 e. The molecule has 0 N–H and O–H groups in total. The summed E-state index contributed by atoms with van der Waals surface area (Å²) < 4.78 is 6.44. The molecule has 0 saturated carbocycles. The van der Waals surface area contributed by atoms with Gasteiger partial charge in [-0.2, -0.15) is 9.48 Å². The van der Waals surface area contributed by atoms with Crippen LogP contribution in [0.1, 0.15) is 71.6 Å². The normalized spacial score (nSPS) is 11.8. The number of hydroxylamine groups is 3. The van der Waals surface area contributed by atoms with Gasteiger partial charge in [0.2, 0.25) is 0 Å². The van der Waals surface area contributed by atoms with Gasteiger partial charge < -0.3 is 17.1 Å². The van der Waals surface area contributed by atoms with Crippen LogP contribution in [0.5, 0.6) is 5.75 Å². The Morgan fingerprint density at radius 1 is 0.844 bits per heavy atom. The highest BCUT2D eigenvalue weighted by Gasteiger charge is 2.28. The minimum absolute atomic E-state index is 0. The van der Waals surface area contributed by atoms with E-state index in [9.17, 15) is 0 Å². The largest absolute Gasteiger partial charge is 1.00 e. The van der Waals surface area contributed by atoms with Gasteiger partial charge in [-0.25, -0.2) is 0 Å². The van der Waals surface area contributed by atoms with Crippen LogP contribution in [-0.2, 0) is 16.8 Å². The first-order chi connectivity index (χ1) is 14.4. The molecular formula is C28H46ClNO2. The molecule has 3 nitrogen and oxygen atoms in total. The average Bonchev–Trinajstić information content (AvgIpc) is 2.65. The summed E-state index contributed by atoms with van der Waals surface area (Å²) in [5, 5.41) is 0. The van der Waals surface area contributed by atoms with Gasteiger partial charge in [0, 0.05) is 5.56 Å². The lowest BCUT2D eigenvalue weighted by atomic mass is 9.71. The number of nitrogens with zero attached hydrogens (tertiary/aromatic N) is 1. The number of quaternary nitrogens is 1. The number of ether oxygens (including phenoxy) is 1. The van der Waals surface area contributed by atoms with E-state index in [1.54, 1.807) is 0 Å². The van der Waals surface area contributed by atoms with E-state index in [-0.39, 0.29) is 17.8 Å². The van der Waals surface area contributed by atoms with Gasteiger partial charge in [-0.05, 0) is 47.4 Å². The van der Waals surface area contributed by atoms with Crippen LogP contribution in [0.25, 0.3) is 0 Å². The number of hydrogen-bond donors (Lipinski definition) is 0. The van der Waals surface area contributed by atoms with Crippen molar-refractivity contribution in [2.24, 2.45) is 5.41 Å². The van der Waals surface area contributed by atoms with Crippen molar-refractivity contribution in [3.05, 3.63) is 65.2 Å². The molecule has 0 aromatic heterocycles. The first kappa shape index (κ1) is 30.4. The van der Waals surface area contributed by atoms with Crippen molar-refractivity contribution < 1.29 is 26.6 Å². The molecule has 0 fully saturated rings. The van der Waals surface area contributed by atoms with Gasteiger partial charge in [0.25, 0.3) is 0 Å². The Bertz CT molecular complexity index is 780. The lowest BCUT2D eigenvalue weighted by Crippen LogP contribution is -3.00. The van der Waals surface area contributed by atoms with E-state index in [2.05, 4.69) is 98.1 Å². The van der Waals surface area contributed by atoms with E-state index in [4.69, 9.17) is 9.57 Å². The van der Waals surface area contributed by atoms with E-state index in [0.29, 0.717) is 23.3 Å². The molecule has 2 rings (SSSR count). The van der Waals surface area contributed by atoms with Crippen LogP contribution in [0.3, 0.4) is 0 Å². The van der Waals surface area contributed by atoms with Crippen LogP contribution in [-0.4, -0.2) is 32.0 Å². The third kappa shape index (κ3) is 10.8. The van der Waals surface area contributed by atoms with E-state index < -0.39 is 0 Å². The molecule has 182 valence electrons. The number of benzene rings is 2. The maximum atomic E-state index is 6.03. The molecule has 0 unspecified atom stereocenters. The predicted octanol–water partition coefficient (Wildman–Crippen LogP) is 4.33. The van der Waals surface area contributed by atoms with Gasteiger partial charge >= 0.3 is 0 Å². The average molecular weight is 464 g/mol. The first-order valence-corrected chi connectivity index (χ1v) is 11.6. The third-order valence-corrected chi connectivity index (χ3v) is 5.10. The molecule has 0 spiro atoms. The fraction of sp³-hybridized carbons (Fsp3) is 0.571. The number of halogens is 1. The molecule has 0 aliphatic rings. The summed E-state index contributed by atoms with van der Waals surface area (Å²) in [6.07, 6.45) is 1.14. The topological polar surface area (TPSA) is 18.5 Å². The summed E-state index contributed by atoms with van der Waals surface area (Å²) in [5.41, 5.74) is 4.40. The van der Waals surface area contributed by atoms with Crippen molar-refractivity contribution in [3.8, 4) is 5.75 Å². The summed E-state index contributed by atoms with van der Waals surface area (Å²) in [6, 6.07) is 16.9. The van der Waals surface area contributed by atoms with Crippen molar-refractivity contribution in [1.82, 2.24) is 0 Å². The quantitative estimate of drug-likeness (QED) is 0.313. The summed E-state index contributed by atoms with van der Waals surface area (Å²) in [7, 11) is 4.15. The van der Waals surface area contributed by atoms with Crippen LogP contribution >= 0.6 is 0 Å². The van der Waals surface area contributed by atoms with Crippen molar-refractivity contribution in [1.29, 1.82) is 0 Å². The molecule has 0 atom stereocenters. The number of aryl methyl sites for hydroxylation is 1. The Labute approximate surface area is 204 Å². The minimum Gasteiger partial charge on any atom is -1.00 e. The molecule has 32 heavy (non-hydrogen) atoms. The molecular weight excluding hydrogens is 418 g/mol. The Hall–Kier alpha value is -1.55. The van der Waals surface area contributed by atoms with Gasteiger partial charge in [-0.15, -0.1) is 0 Å². The van der Waals surface area contributed by atoms with Crippen LogP contribution in [0, 0.1) is 12.3 Å². The Morgan fingerprint density at radius 2 is 1.44 bits per heavy atom. The van der Waals surface area contributed by atoms with Gasteiger partial charge in [0.1, 0.15) is 25.5 Å². The lowest BCUT2D eigenvalue weighted by molar-refractivity contribution is -1.09. The maximum Gasteiger partial charge on any atom is 0.140 e. The highest BCUT2D eigenvalue weighted by molar-refractivity contribution is 5.39. The van der Waals surface area contributed by atoms with Gasteiger partial charge in [-0.3, -0.25) is 0 Å². The fourth-order valence-corrected chi connectivity index (χ4v) is 4.42. The second-order valence-corrected chi connectivity index (χ2v) is 10.5. The number of hydrogen-bond acceptors (Lipinski definition) is 2. The van der Waals surface area contributed by atoms with Crippen molar-refractivity contribution in [2.75, 3.05) is 27.3 Å². The SMILES string of the molecule is CC.Cc1cc(OCCO[N+](C)(C)Cc2ccccc2)ccc1C(C)(C)CC(C)(C)C.[Cl-]. The zero-order valence-electron chi connectivity index (χ0n) is 22.1. The first-order valence-electron chi connectivity index (χ1n) is 11.6. The fourth-order valence-electron chi connectivity index (χ4n) is 4.42. The molecule has 0 heterocycles. The van der Waals surface area contributed by atoms with Crippen molar-refractivity contribution in [2.45, 2.75) is 73.8 Å². The zero-order valence-corrected chi connectivity index (χ0v) is 22.8. The van der Waals surface area contributed by atoms with Crippen LogP contribution < -0.4 is 17.1 Å². The van der Waals surface area contributed by atoms with Gasteiger partial charge in [0.05, 0.1) is 14.1 Å². The summed E-state index contributed by atoms with van der Waals surface area (Å²) in [5.74, 6) is 0.912. The van der Waals surface area contributed by atoms with Gasteiger partial charge in [-0.1, -0.05) is 84.9 Å². The second kappa shape index (κ2) is 13.2. The third-order valence-electron chi connectivity index (χ3n) is 5.10. The lowest BCUT2D eigenvalue weighted by Gasteiger charge is -2.34. The standard InChI is InChI=1S/C26H40NO2.C2H6.ClH/c1-21-18-23(14-15-24(21)26(5,6)20-25(2,3)4)28-16-17-29-27(7,8)19-22-12-10-9-11-13-22;1-2;/h9-15,18H,16-17,19-20H2,1-8H3;1-2H3;1H/q+1;;/p-1. The minimum atomic E-state index is 0. The molecule has 0 aliphatic heterocycles. The van der Waals surface area contributed by atoms with E-state index >= 15 is 0 Å². The second-order valence-electron chi connectivity index (χ2n) is 10.5. The summed E-state index contributed by atoms with van der Waals surface area (Å²) in [4.78, 5) is 6.03. The molecule has 0 bridgehead atoms. The van der Waals surface area contributed by atoms with Crippen LogP contribution in [0.4, 0.5) is 0 Å². The molecule has 0 aliphatic carbocycles. The Morgan fingerprint density at radius 3 is 1.97 bits per heavy atom. The Balaban J connectivity index is 0.00000311. The van der Waals surface area contributed by atoms with E-state index in [0.717, 1.165) is 18.7 Å². The molecule has 2 aromatic carbocycles. The van der Waals surface area contributed by atoms with Crippen molar-refractivity contribution in [3.63, 3.8) is 0 Å². The molecule has 2 aromatic rings. The molecule has 0 radical (unpaired) electrons. The zero-order chi connectivity index (χ0) is 23.7. The highest BCUT2D eigenvalue weighted by Crippen LogP contribution is 2.38. The predicted molar refractivity (Wildman–Crippen MR) is 133 cm³/mol. The summed E-state index contributed by atoms with van der Waals surface area (Å²) >= 11 is 0. The van der Waals surface area contributed by atoms with E-state index in [1.807, 2.05) is 19.9 Å². The molecule has 4 heteroatoms. The van der Waals surface area contributed by atoms with Crippen LogP contribution in [0.2, 0.25) is 0 Å². The number of rotatable bonds is 9. The Kier molecular flexibility index (Phi) is 12.6. The molecule has 0 saturated heterocycles. The summed E-state index contributed by atoms with van der Waals surface area (Å²) in [6.45, 7) is 19.7. The van der Waals surface area contributed by atoms with E-state index in [1.165, 1.54) is 16.7 Å². The molecule has 0 amide bonds. The highest BCUT2D eigenvalue weighted by atomic mass is 35.5.